The van der Waals surface area contributed by atoms with Crippen LogP contribution in [0.2, 0.25) is 0 Å². The number of halogens is 2. The third-order valence-electron chi connectivity index (χ3n) is 4.34. The number of hydrogen-bond acceptors (Lipinski definition) is 3. The minimum absolute atomic E-state index is 0.184. The lowest BCUT2D eigenvalue weighted by atomic mass is 10.1. The third kappa shape index (κ3) is 3.62. The number of benzene rings is 1. The van der Waals surface area contributed by atoms with Gasteiger partial charge in [0.2, 0.25) is 5.91 Å². The number of amides is 1. The molecule has 2 aliphatic rings. The van der Waals surface area contributed by atoms with Crippen LogP contribution in [0.15, 0.2) is 30.3 Å². The van der Waals surface area contributed by atoms with Crippen LogP contribution in [0.4, 0.5) is 8.78 Å². The van der Waals surface area contributed by atoms with Crippen molar-refractivity contribution in [1.82, 2.24) is 15.1 Å². The van der Waals surface area contributed by atoms with E-state index in [9.17, 15) is 13.6 Å². The molecule has 1 atom stereocenters. The van der Waals surface area contributed by atoms with E-state index in [2.05, 4.69) is 22.3 Å². The van der Waals surface area contributed by atoms with Crippen LogP contribution in [0, 0.1) is 0 Å². The number of nitrogens with zero attached hydrogens (tertiary/aromatic N) is 2. The van der Waals surface area contributed by atoms with E-state index in [0.717, 1.165) is 19.6 Å². The van der Waals surface area contributed by atoms with Crippen molar-refractivity contribution in [3.63, 3.8) is 0 Å². The SMILES string of the molecule is O=C(C1CC(F)(F)CN1)N1CCN(Cc2ccccc2)CC1. The Balaban J connectivity index is 1.48. The van der Waals surface area contributed by atoms with Gasteiger partial charge in [0.05, 0.1) is 12.6 Å². The van der Waals surface area contributed by atoms with Crippen LogP contribution in [0.5, 0.6) is 0 Å². The fraction of sp³-hybridized carbons (Fsp3) is 0.562. The second-order valence-corrected chi connectivity index (χ2v) is 6.08. The molecule has 0 aromatic heterocycles. The highest BCUT2D eigenvalue weighted by Crippen LogP contribution is 2.26. The van der Waals surface area contributed by atoms with E-state index < -0.39 is 18.5 Å². The molecule has 2 saturated heterocycles. The molecule has 2 fully saturated rings. The van der Waals surface area contributed by atoms with Crippen LogP contribution < -0.4 is 5.32 Å². The fourth-order valence-electron chi connectivity index (χ4n) is 3.08. The van der Waals surface area contributed by atoms with Crippen LogP contribution in [0.25, 0.3) is 0 Å². The molecular weight excluding hydrogens is 288 g/mol. The Morgan fingerprint density at radius 3 is 2.45 bits per heavy atom. The van der Waals surface area contributed by atoms with Gasteiger partial charge in [0.25, 0.3) is 5.92 Å². The molecule has 0 bridgehead atoms. The van der Waals surface area contributed by atoms with E-state index in [-0.39, 0.29) is 12.3 Å². The maximum absolute atomic E-state index is 13.2. The summed E-state index contributed by atoms with van der Waals surface area (Å²) in [7, 11) is 0. The van der Waals surface area contributed by atoms with Gasteiger partial charge in [-0.15, -0.1) is 0 Å². The Morgan fingerprint density at radius 2 is 1.86 bits per heavy atom. The van der Waals surface area contributed by atoms with E-state index in [0.29, 0.717) is 13.1 Å². The molecule has 0 aliphatic carbocycles. The maximum Gasteiger partial charge on any atom is 0.262 e. The molecule has 6 heteroatoms. The molecule has 22 heavy (non-hydrogen) atoms. The monoisotopic (exact) mass is 309 g/mol. The largest absolute Gasteiger partial charge is 0.339 e. The van der Waals surface area contributed by atoms with Crippen molar-refractivity contribution in [3.05, 3.63) is 35.9 Å². The molecule has 0 spiro atoms. The summed E-state index contributed by atoms with van der Waals surface area (Å²) in [4.78, 5) is 16.3. The van der Waals surface area contributed by atoms with Gasteiger partial charge < -0.3 is 4.90 Å². The van der Waals surface area contributed by atoms with Gasteiger partial charge >= 0.3 is 0 Å². The summed E-state index contributed by atoms with van der Waals surface area (Å²) in [5, 5.41) is 2.64. The number of hydrogen-bond donors (Lipinski definition) is 1. The van der Waals surface area contributed by atoms with Gasteiger partial charge in [0, 0.05) is 39.1 Å². The van der Waals surface area contributed by atoms with Crippen molar-refractivity contribution in [2.24, 2.45) is 0 Å². The molecule has 2 heterocycles. The molecule has 1 aromatic rings. The lowest BCUT2D eigenvalue weighted by Crippen LogP contribution is -2.52. The lowest BCUT2D eigenvalue weighted by molar-refractivity contribution is -0.135. The maximum atomic E-state index is 13.2. The zero-order valence-electron chi connectivity index (χ0n) is 12.5. The highest BCUT2D eigenvalue weighted by molar-refractivity contribution is 5.82. The van der Waals surface area contributed by atoms with Gasteiger partial charge in [-0.05, 0) is 5.56 Å². The standard InChI is InChI=1S/C16H21F2N3O/c17-16(18)10-14(19-12-16)15(22)21-8-6-20(7-9-21)11-13-4-2-1-3-5-13/h1-5,14,19H,6-12H2. The predicted molar refractivity (Wildman–Crippen MR) is 79.7 cm³/mol. The third-order valence-corrected chi connectivity index (χ3v) is 4.34. The summed E-state index contributed by atoms with van der Waals surface area (Å²) in [5.41, 5.74) is 1.25. The van der Waals surface area contributed by atoms with E-state index >= 15 is 0 Å². The zero-order chi connectivity index (χ0) is 15.6. The van der Waals surface area contributed by atoms with Crippen molar-refractivity contribution in [3.8, 4) is 0 Å². The highest BCUT2D eigenvalue weighted by Gasteiger charge is 2.43. The molecule has 1 unspecified atom stereocenters. The summed E-state index contributed by atoms with van der Waals surface area (Å²) in [5.74, 6) is -2.94. The Kier molecular flexibility index (Phi) is 4.40. The molecule has 120 valence electrons. The van der Waals surface area contributed by atoms with Gasteiger partial charge in [-0.25, -0.2) is 8.78 Å². The van der Waals surface area contributed by atoms with E-state index in [1.165, 1.54) is 5.56 Å². The van der Waals surface area contributed by atoms with E-state index in [1.807, 2.05) is 18.2 Å². The van der Waals surface area contributed by atoms with Gasteiger partial charge in [-0.3, -0.25) is 15.0 Å². The molecule has 3 rings (SSSR count). The van der Waals surface area contributed by atoms with Crippen molar-refractivity contribution >= 4 is 5.91 Å². The van der Waals surface area contributed by atoms with Gasteiger partial charge in [0.1, 0.15) is 0 Å². The molecule has 2 aliphatic heterocycles. The molecule has 1 N–H and O–H groups in total. The molecule has 0 radical (unpaired) electrons. The molecule has 4 nitrogen and oxygen atoms in total. The quantitative estimate of drug-likeness (QED) is 0.915. The second-order valence-electron chi connectivity index (χ2n) is 6.08. The molecule has 1 aromatic carbocycles. The van der Waals surface area contributed by atoms with Crippen molar-refractivity contribution in [2.75, 3.05) is 32.7 Å². The first-order chi connectivity index (χ1) is 10.5. The van der Waals surface area contributed by atoms with Gasteiger partial charge in [-0.1, -0.05) is 30.3 Å². The summed E-state index contributed by atoms with van der Waals surface area (Å²) in [6, 6.07) is 9.46. The normalized spacial score (nSPS) is 25.4. The Hall–Kier alpha value is -1.53. The zero-order valence-corrected chi connectivity index (χ0v) is 12.5. The number of alkyl halides is 2. The fourth-order valence-corrected chi connectivity index (χ4v) is 3.08. The van der Waals surface area contributed by atoms with E-state index in [4.69, 9.17) is 0 Å². The van der Waals surface area contributed by atoms with Crippen LogP contribution >= 0.6 is 0 Å². The van der Waals surface area contributed by atoms with Crippen LogP contribution in [-0.4, -0.2) is 60.4 Å². The average Bonchev–Trinajstić information content (AvgIpc) is 2.88. The van der Waals surface area contributed by atoms with Crippen LogP contribution in [-0.2, 0) is 11.3 Å². The number of carbonyl (C=O) groups is 1. The minimum Gasteiger partial charge on any atom is -0.339 e. The summed E-state index contributed by atoms with van der Waals surface area (Å²) in [6.07, 6.45) is -0.379. The summed E-state index contributed by atoms with van der Waals surface area (Å²) in [6.45, 7) is 3.25. The second kappa shape index (κ2) is 6.30. The van der Waals surface area contributed by atoms with Crippen molar-refractivity contribution in [1.29, 1.82) is 0 Å². The van der Waals surface area contributed by atoms with Gasteiger partial charge in [-0.2, -0.15) is 0 Å². The van der Waals surface area contributed by atoms with Gasteiger partial charge in [0.15, 0.2) is 0 Å². The van der Waals surface area contributed by atoms with Crippen molar-refractivity contribution in [2.45, 2.75) is 24.9 Å². The smallest absolute Gasteiger partial charge is 0.262 e. The van der Waals surface area contributed by atoms with Crippen LogP contribution in [0.1, 0.15) is 12.0 Å². The van der Waals surface area contributed by atoms with E-state index in [1.54, 1.807) is 4.90 Å². The average molecular weight is 309 g/mol. The minimum atomic E-state index is -2.75. The molecule has 1 amide bonds. The van der Waals surface area contributed by atoms with Crippen molar-refractivity contribution < 1.29 is 13.6 Å². The molecule has 0 saturated carbocycles. The van der Waals surface area contributed by atoms with Crippen LogP contribution in [0.3, 0.4) is 0 Å². The number of rotatable bonds is 3. The first-order valence-electron chi connectivity index (χ1n) is 7.70. The summed E-state index contributed by atoms with van der Waals surface area (Å²) < 4.78 is 26.4. The Bertz CT molecular complexity index is 515. The number of nitrogens with one attached hydrogen (secondary N) is 1. The molecular formula is C16H21F2N3O. The summed E-state index contributed by atoms with van der Waals surface area (Å²) >= 11 is 0. The first kappa shape index (κ1) is 15.4. The Morgan fingerprint density at radius 1 is 1.18 bits per heavy atom. The number of piperazine rings is 1. The Labute approximate surface area is 129 Å². The predicted octanol–water partition coefficient (Wildman–Crippen LogP) is 1.33. The number of carbonyl (C=O) groups excluding carboxylic acids is 1. The first-order valence-corrected chi connectivity index (χ1v) is 7.70. The lowest BCUT2D eigenvalue weighted by Gasteiger charge is -2.36. The topological polar surface area (TPSA) is 35.6 Å². The highest BCUT2D eigenvalue weighted by atomic mass is 19.3.